The molecule has 33 heavy (non-hydrogen) atoms. The Balaban J connectivity index is 1.50. The molecule has 1 amide bonds. The third-order valence-electron chi connectivity index (χ3n) is 5.04. The fourth-order valence-electron chi connectivity index (χ4n) is 3.48. The Kier molecular flexibility index (Phi) is 6.08. The molecule has 1 N–H and O–H groups in total. The Morgan fingerprint density at radius 2 is 1.64 bits per heavy atom. The van der Waals surface area contributed by atoms with Crippen LogP contribution < -0.4 is 5.32 Å². The minimum absolute atomic E-state index is 0.177. The van der Waals surface area contributed by atoms with Crippen LogP contribution in [0.5, 0.6) is 0 Å². The van der Waals surface area contributed by atoms with Gasteiger partial charge in [0.25, 0.3) is 0 Å². The van der Waals surface area contributed by atoms with Crippen molar-refractivity contribution >= 4 is 17.3 Å². The number of alkyl halides is 3. The lowest BCUT2D eigenvalue weighted by Crippen LogP contribution is -2.29. The number of hydrogen-bond donors (Lipinski definition) is 1. The first-order valence-electron chi connectivity index (χ1n) is 9.87. The molecule has 2 aromatic carbocycles. The zero-order valence-electron chi connectivity index (χ0n) is 17.0. The molecule has 0 fully saturated rings. The number of hydrogen-bond acceptors (Lipinski definition) is 4. The molecule has 10 heteroatoms. The molecule has 170 valence electrons. The second-order valence-electron chi connectivity index (χ2n) is 7.42. The predicted octanol–water partition coefficient (Wildman–Crippen LogP) is 4.82. The van der Waals surface area contributed by atoms with E-state index in [0.29, 0.717) is 17.0 Å². The molecule has 1 aliphatic heterocycles. The van der Waals surface area contributed by atoms with Gasteiger partial charge in [0.05, 0.1) is 35.6 Å². The average molecular weight is 460 g/mol. The van der Waals surface area contributed by atoms with E-state index in [9.17, 15) is 26.7 Å². The van der Waals surface area contributed by atoms with Crippen molar-refractivity contribution in [3.05, 3.63) is 95.3 Å². The van der Waals surface area contributed by atoms with E-state index in [4.69, 9.17) is 0 Å². The van der Waals surface area contributed by atoms with Crippen LogP contribution in [-0.4, -0.2) is 34.7 Å². The molecule has 4 rings (SSSR count). The number of nitrogens with one attached hydrogen (secondary N) is 1. The topological polar surface area (TPSA) is 57.6 Å². The Morgan fingerprint density at radius 1 is 0.970 bits per heavy atom. The summed E-state index contributed by atoms with van der Waals surface area (Å²) in [5.41, 5.74) is 1.09. The fraction of sp³-hybridized carbons (Fsp3) is 0.174. The maximum atomic E-state index is 13.4. The number of rotatable bonds is 5. The van der Waals surface area contributed by atoms with Crippen LogP contribution in [0, 0.1) is 11.6 Å². The first-order chi connectivity index (χ1) is 15.7. The van der Waals surface area contributed by atoms with Gasteiger partial charge in [-0.25, -0.2) is 8.78 Å². The lowest BCUT2D eigenvalue weighted by molar-refractivity contribution is -0.137. The highest BCUT2D eigenvalue weighted by atomic mass is 19.4. The Hall–Kier alpha value is -3.82. The molecule has 1 aromatic heterocycles. The third-order valence-corrected chi connectivity index (χ3v) is 5.04. The van der Waals surface area contributed by atoms with E-state index in [-0.39, 0.29) is 18.8 Å². The number of amides is 1. The summed E-state index contributed by atoms with van der Waals surface area (Å²) in [7, 11) is 0. The van der Waals surface area contributed by atoms with Crippen LogP contribution in [-0.2, 0) is 11.0 Å². The number of hydrazone groups is 1. The van der Waals surface area contributed by atoms with Crippen molar-refractivity contribution in [1.82, 2.24) is 9.99 Å². The SMILES string of the molecule is O=C(CN1CC(c2ccc(F)cn2)C(c2ccc(F)cc2)=N1)Nc1ccc(C(F)(F)F)cc1. The van der Waals surface area contributed by atoms with Gasteiger partial charge in [-0.05, 0) is 54.1 Å². The molecule has 0 saturated carbocycles. The van der Waals surface area contributed by atoms with Gasteiger partial charge in [0.2, 0.25) is 5.91 Å². The Bertz CT molecular complexity index is 1160. The summed E-state index contributed by atoms with van der Waals surface area (Å²) in [6, 6.07) is 12.6. The first-order valence-corrected chi connectivity index (χ1v) is 9.87. The lowest BCUT2D eigenvalue weighted by atomic mass is 9.94. The van der Waals surface area contributed by atoms with Crippen LogP contribution >= 0.6 is 0 Å². The van der Waals surface area contributed by atoms with E-state index in [0.717, 1.165) is 18.3 Å². The highest BCUT2D eigenvalue weighted by Crippen LogP contribution is 2.30. The molecule has 0 radical (unpaired) electrons. The number of carbonyl (C=O) groups is 1. The summed E-state index contributed by atoms with van der Waals surface area (Å²) in [4.78, 5) is 16.6. The zero-order chi connectivity index (χ0) is 23.6. The minimum Gasteiger partial charge on any atom is -0.324 e. The number of pyridine rings is 1. The van der Waals surface area contributed by atoms with Gasteiger partial charge >= 0.3 is 6.18 Å². The smallest absolute Gasteiger partial charge is 0.324 e. The normalized spacial score (nSPS) is 16.0. The highest BCUT2D eigenvalue weighted by Gasteiger charge is 2.32. The van der Waals surface area contributed by atoms with Crippen molar-refractivity contribution in [2.45, 2.75) is 12.1 Å². The molecule has 5 nitrogen and oxygen atoms in total. The number of anilines is 1. The van der Waals surface area contributed by atoms with E-state index in [1.165, 1.54) is 41.4 Å². The van der Waals surface area contributed by atoms with Gasteiger partial charge in [0.1, 0.15) is 18.2 Å². The average Bonchev–Trinajstić information content (AvgIpc) is 3.18. The van der Waals surface area contributed by atoms with Gasteiger partial charge in [0, 0.05) is 5.69 Å². The molecule has 0 bridgehead atoms. The van der Waals surface area contributed by atoms with E-state index in [2.05, 4.69) is 15.4 Å². The summed E-state index contributed by atoms with van der Waals surface area (Å²) in [6.45, 7) is 0.0786. The van der Waals surface area contributed by atoms with Crippen molar-refractivity contribution < 1.29 is 26.7 Å². The third kappa shape index (κ3) is 5.33. The summed E-state index contributed by atoms with van der Waals surface area (Å²) < 4.78 is 64.8. The van der Waals surface area contributed by atoms with Crippen molar-refractivity contribution in [3.63, 3.8) is 0 Å². The van der Waals surface area contributed by atoms with Crippen LogP contribution in [0.25, 0.3) is 0 Å². The quantitative estimate of drug-likeness (QED) is 0.556. The number of aromatic nitrogens is 1. The van der Waals surface area contributed by atoms with Crippen molar-refractivity contribution in [2.75, 3.05) is 18.4 Å². The molecule has 3 aromatic rings. The van der Waals surface area contributed by atoms with Crippen molar-refractivity contribution in [3.8, 4) is 0 Å². The molecule has 1 aliphatic rings. The van der Waals surface area contributed by atoms with Gasteiger partial charge in [0.15, 0.2) is 0 Å². The lowest BCUT2D eigenvalue weighted by Gasteiger charge is -2.16. The second kappa shape index (κ2) is 8.97. The van der Waals surface area contributed by atoms with E-state index < -0.39 is 35.2 Å². The van der Waals surface area contributed by atoms with Gasteiger partial charge in [-0.15, -0.1) is 0 Å². The second-order valence-corrected chi connectivity index (χ2v) is 7.42. The summed E-state index contributed by atoms with van der Waals surface area (Å²) >= 11 is 0. The van der Waals surface area contributed by atoms with Gasteiger partial charge in [-0.2, -0.15) is 18.3 Å². The van der Waals surface area contributed by atoms with Crippen LogP contribution in [0.3, 0.4) is 0 Å². The van der Waals surface area contributed by atoms with Crippen LogP contribution in [0.4, 0.5) is 27.6 Å². The Morgan fingerprint density at radius 3 is 2.24 bits per heavy atom. The number of benzene rings is 2. The van der Waals surface area contributed by atoms with Gasteiger partial charge < -0.3 is 5.32 Å². The van der Waals surface area contributed by atoms with Gasteiger partial charge in [-0.3, -0.25) is 14.8 Å². The maximum Gasteiger partial charge on any atom is 0.416 e. The van der Waals surface area contributed by atoms with Crippen molar-refractivity contribution in [2.24, 2.45) is 5.10 Å². The highest BCUT2D eigenvalue weighted by molar-refractivity contribution is 6.06. The standard InChI is InChI=1S/C23H17F5N4O/c24-16-5-1-14(2-6-16)22-19(20-10-7-17(25)11-29-20)12-32(31-22)13-21(33)30-18-8-3-15(4-9-18)23(26,27)28/h1-11,19H,12-13H2,(H,30,33). The van der Waals surface area contributed by atoms with Crippen molar-refractivity contribution in [1.29, 1.82) is 0 Å². The molecule has 2 heterocycles. The monoisotopic (exact) mass is 460 g/mol. The van der Waals surface area contributed by atoms with Gasteiger partial charge in [-0.1, -0.05) is 12.1 Å². The van der Waals surface area contributed by atoms with Crippen LogP contribution in [0.15, 0.2) is 72.0 Å². The van der Waals surface area contributed by atoms with E-state index in [1.54, 1.807) is 12.1 Å². The molecule has 1 unspecified atom stereocenters. The van der Waals surface area contributed by atoms with E-state index in [1.807, 2.05) is 0 Å². The largest absolute Gasteiger partial charge is 0.416 e. The molecular weight excluding hydrogens is 443 g/mol. The number of nitrogens with zero attached hydrogens (tertiary/aromatic N) is 3. The molecule has 0 aliphatic carbocycles. The summed E-state index contributed by atoms with van der Waals surface area (Å²) in [6.07, 6.45) is -3.38. The maximum absolute atomic E-state index is 13.4. The van der Waals surface area contributed by atoms with Crippen LogP contribution in [0.1, 0.15) is 22.7 Å². The number of carbonyl (C=O) groups excluding carboxylic acids is 1. The summed E-state index contributed by atoms with van der Waals surface area (Å²) in [5, 5.41) is 8.50. The predicted molar refractivity (Wildman–Crippen MR) is 112 cm³/mol. The molecule has 0 saturated heterocycles. The zero-order valence-corrected chi connectivity index (χ0v) is 17.0. The molecule has 1 atom stereocenters. The Labute approximate surface area is 185 Å². The minimum atomic E-state index is -4.47. The summed E-state index contributed by atoms with van der Waals surface area (Å²) in [5.74, 6) is -1.79. The molecule has 0 spiro atoms. The van der Waals surface area contributed by atoms with Crippen LogP contribution in [0.2, 0.25) is 0 Å². The van der Waals surface area contributed by atoms with E-state index >= 15 is 0 Å². The molecular formula is C23H17F5N4O. The fourth-order valence-corrected chi connectivity index (χ4v) is 3.48. The number of halogens is 5. The first kappa shape index (κ1) is 22.4.